The number of hydrogen-bond acceptors (Lipinski definition) is 3. The van der Waals surface area contributed by atoms with Gasteiger partial charge >= 0.3 is 0 Å². The van der Waals surface area contributed by atoms with E-state index in [-0.39, 0.29) is 6.04 Å². The van der Waals surface area contributed by atoms with E-state index in [1.807, 2.05) is 6.92 Å². The monoisotopic (exact) mass is 311 g/mol. The first-order valence-corrected chi connectivity index (χ1v) is 9.30. The van der Waals surface area contributed by atoms with Crippen LogP contribution in [0.4, 0.5) is 0 Å². The van der Waals surface area contributed by atoms with Crippen molar-refractivity contribution in [3.63, 3.8) is 0 Å². The van der Waals surface area contributed by atoms with Gasteiger partial charge in [0.25, 0.3) is 0 Å². The normalized spacial score (nSPS) is 30.0. The third-order valence-corrected chi connectivity index (χ3v) is 7.30. The summed E-state index contributed by atoms with van der Waals surface area (Å²) in [5.41, 5.74) is 1.27. The van der Waals surface area contributed by atoms with Crippen molar-refractivity contribution >= 4 is 10.0 Å². The van der Waals surface area contributed by atoms with Gasteiger partial charge in [-0.2, -0.15) is 5.10 Å². The molecular weight excluding hydrogens is 286 g/mol. The lowest BCUT2D eigenvalue weighted by atomic mass is 9.84. The maximum Gasteiger partial charge on any atom is 0.244 e. The topological polar surface area (TPSA) is 64.0 Å². The van der Waals surface area contributed by atoms with E-state index in [2.05, 4.69) is 9.82 Å². The minimum atomic E-state index is -3.49. The number of nitrogens with one attached hydrogen (secondary N) is 1. The van der Waals surface area contributed by atoms with Crippen molar-refractivity contribution in [2.75, 3.05) is 0 Å². The summed E-state index contributed by atoms with van der Waals surface area (Å²) in [6.45, 7) is 5.57. The van der Waals surface area contributed by atoms with Crippen molar-refractivity contribution in [2.24, 2.45) is 24.8 Å². The van der Waals surface area contributed by atoms with Crippen molar-refractivity contribution < 1.29 is 8.42 Å². The molecule has 1 heterocycles. The highest BCUT2D eigenvalue weighted by atomic mass is 32.2. The number of hydrogen-bond donors (Lipinski definition) is 1. The first kappa shape index (κ1) is 15.0. The molecule has 1 aromatic heterocycles. The van der Waals surface area contributed by atoms with Gasteiger partial charge in [0.05, 0.1) is 11.4 Å². The smallest absolute Gasteiger partial charge is 0.244 e. The molecule has 4 atom stereocenters. The molecule has 0 spiro atoms. The van der Waals surface area contributed by atoms with Crippen LogP contribution in [-0.4, -0.2) is 24.2 Å². The van der Waals surface area contributed by atoms with Crippen LogP contribution in [0.3, 0.4) is 0 Å². The molecule has 0 aromatic carbocycles. The first-order valence-electron chi connectivity index (χ1n) is 7.82. The minimum absolute atomic E-state index is 0.00399. The van der Waals surface area contributed by atoms with E-state index >= 15 is 0 Å². The number of aryl methyl sites for hydroxylation is 2. The molecule has 2 aliphatic rings. The summed E-state index contributed by atoms with van der Waals surface area (Å²) in [5.74, 6) is 2.04. The predicted octanol–water partition coefficient (Wildman–Crippen LogP) is 2.14. The molecule has 0 amide bonds. The zero-order chi connectivity index (χ0) is 15.4. The maximum absolute atomic E-state index is 12.7. The molecule has 6 heteroatoms. The Morgan fingerprint density at radius 2 is 2.00 bits per heavy atom. The maximum atomic E-state index is 12.7. The average molecular weight is 311 g/mol. The Labute approximate surface area is 127 Å². The van der Waals surface area contributed by atoms with Gasteiger partial charge in [0.2, 0.25) is 10.0 Å². The Morgan fingerprint density at radius 1 is 1.29 bits per heavy atom. The van der Waals surface area contributed by atoms with Gasteiger partial charge in [-0.3, -0.25) is 4.68 Å². The molecule has 0 aliphatic heterocycles. The lowest BCUT2D eigenvalue weighted by molar-refractivity contribution is 0.280. The summed E-state index contributed by atoms with van der Waals surface area (Å²) >= 11 is 0. The van der Waals surface area contributed by atoms with Gasteiger partial charge in [-0.1, -0.05) is 6.42 Å². The van der Waals surface area contributed by atoms with Crippen LogP contribution in [-0.2, 0) is 17.1 Å². The molecule has 2 saturated carbocycles. The van der Waals surface area contributed by atoms with Gasteiger partial charge in [0.15, 0.2) is 0 Å². The van der Waals surface area contributed by atoms with E-state index in [4.69, 9.17) is 0 Å². The fraction of sp³-hybridized carbons (Fsp3) is 0.800. The zero-order valence-corrected chi connectivity index (χ0v) is 14.1. The third-order valence-electron chi connectivity index (χ3n) is 5.49. The summed E-state index contributed by atoms with van der Waals surface area (Å²) in [7, 11) is -1.71. The van der Waals surface area contributed by atoms with Gasteiger partial charge in [0, 0.05) is 13.1 Å². The summed E-state index contributed by atoms with van der Waals surface area (Å²) in [5, 5.41) is 4.22. The van der Waals surface area contributed by atoms with Crippen molar-refractivity contribution in [3.05, 3.63) is 11.4 Å². The molecule has 5 nitrogen and oxygen atoms in total. The number of fused-ring (bicyclic) bond motifs is 2. The first-order chi connectivity index (χ1) is 9.79. The molecule has 2 bridgehead atoms. The second-order valence-corrected chi connectivity index (χ2v) is 8.52. The largest absolute Gasteiger partial charge is 0.271 e. The molecule has 21 heavy (non-hydrogen) atoms. The highest BCUT2D eigenvalue weighted by Gasteiger charge is 2.43. The van der Waals surface area contributed by atoms with Crippen LogP contribution in [0.2, 0.25) is 0 Å². The van der Waals surface area contributed by atoms with Gasteiger partial charge in [-0.25, -0.2) is 13.1 Å². The molecule has 118 valence electrons. The van der Waals surface area contributed by atoms with Crippen molar-refractivity contribution in [2.45, 2.75) is 57.4 Å². The average Bonchev–Trinajstić information content (AvgIpc) is 3.04. The van der Waals surface area contributed by atoms with E-state index in [0.29, 0.717) is 28.1 Å². The molecular formula is C15H25N3O2S. The fourth-order valence-electron chi connectivity index (χ4n) is 4.44. The van der Waals surface area contributed by atoms with Crippen LogP contribution >= 0.6 is 0 Å². The highest BCUT2D eigenvalue weighted by Crippen LogP contribution is 2.49. The molecule has 1 N–H and O–H groups in total. The Hall–Kier alpha value is -0.880. The summed E-state index contributed by atoms with van der Waals surface area (Å²) in [6.07, 6.45) is 5.08. The number of aromatic nitrogens is 2. The van der Waals surface area contributed by atoms with Crippen molar-refractivity contribution in [3.8, 4) is 0 Å². The van der Waals surface area contributed by atoms with Crippen molar-refractivity contribution in [1.82, 2.24) is 14.5 Å². The van der Waals surface area contributed by atoms with Crippen LogP contribution in [0.1, 0.15) is 44.0 Å². The second-order valence-electron chi connectivity index (χ2n) is 6.87. The van der Waals surface area contributed by atoms with Gasteiger partial charge in [-0.15, -0.1) is 0 Å². The fourth-order valence-corrected chi connectivity index (χ4v) is 6.17. The standard InChI is InChI=1S/C15H25N3O2S/c1-9(14-8-12-5-6-13(14)7-12)17-21(19,20)15-10(2)16-18(4)11(15)3/h9,12-14,17H,5-8H2,1-4H3/t9-,12+,13+,14-/m0/s1. The van der Waals surface area contributed by atoms with E-state index in [1.54, 1.807) is 25.6 Å². The summed E-state index contributed by atoms with van der Waals surface area (Å²) in [6, 6.07) is 0.00399. The van der Waals surface area contributed by atoms with Gasteiger partial charge in [-0.05, 0) is 57.8 Å². The quantitative estimate of drug-likeness (QED) is 0.926. The summed E-state index contributed by atoms with van der Waals surface area (Å²) in [4.78, 5) is 0.347. The van der Waals surface area contributed by atoms with E-state index < -0.39 is 10.0 Å². The van der Waals surface area contributed by atoms with Crippen LogP contribution in [0.15, 0.2) is 4.90 Å². The van der Waals surface area contributed by atoms with E-state index in [9.17, 15) is 8.42 Å². The van der Waals surface area contributed by atoms with Crippen LogP contribution in [0.25, 0.3) is 0 Å². The van der Waals surface area contributed by atoms with Crippen LogP contribution in [0, 0.1) is 31.6 Å². The molecule has 0 saturated heterocycles. The SMILES string of the molecule is Cc1nn(C)c(C)c1S(=O)(=O)N[C@@H](C)[C@@H]1C[C@@H]2CC[C@@H]1C2. The predicted molar refractivity (Wildman–Crippen MR) is 81.4 cm³/mol. The Bertz CT molecular complexity index is 650. The van der Waals surface area contributed by atoms with E-state index in [1.165, 1.54) is 25.7 Å². The number of rotatable bonds is 4. The molecule has 0 radical (unpaired) electrons. The molecule has 3 rings (SSSR count). The lowest BCUT2D eigenvalue weighted by Gasteiger charge is -2.28. The lowest BCUT2D eigenvalue weighted by Crippen LogP contribution is -2.40. The van der Waals surface area contributed by atoms with Gasteiger partial charge in [0.1, 0.15) is 4.90 Å². The molecule has 2 fully saturated rings. The van der Waals surface area contributed by atoms with Crippen LogP contribution in [0.5, 0.6) is 0 Å². The zero-order valence-electron chi connectivity index (χ0n) is 13.3. The number of nitrogens with zero attached hydrogens (tertiary/aromatic N) is 2. The van der Waals surface area contributed by atoms with Crippen molar-refractivity contribution in [1.29, 1.82) is 0 Å². The highest BCUT2D eigenvalue weighted by molar-refractivity contribution is 7.89. The summed E-state index contributed by atoms with van der Waals surface area (Å²) < 4.78 is 29.9. The van der Waals surface area contributed by atoms with E-state index in [0.717, 1.165) is 5.92 Å². The molecule has 1 aromatic rings. The minimum Gasteiger partial charge on any atom is -0.271 e. The molecule has 2 aliphatic carbocycles. The third kappa shape index (κ3) is 2.52. The Morgan fingerprint density at radius 3 is 2.48 bits per heavy atom. The Balaban J connectivity index is 1.80. The Kier molecular flexibility index (Phi) is 3.64. The van der Waals surface area contributed by atoms with Gasteiger partial charge < -0.3 is 0 Å². The number of sulfonamides is 1. The molecule has 0 unspecified atom stereocenters. The van der Waals surface area contributed by atoms with Crippen LogP contribution < -0.4 is 4.72 Å². The second kappa shape index (κ2) is 5.09.